The molecular formula is C28H20N4. The van der Waals surface area contributed by atoms with Crippen LogP contribution in [0.25, 0.3) is 58.5 Å². The molecule has 8 bridgehead atoms. The summed E-state index contributed by atoms with van der Waals surface area (Å²) in [6.45, 7) is 0. The predicted octanol–water partition coefficient (Wildman–Crippen LogP) is 6.83. The zero-order valence-corrected chi connectivity index (χ0v) is 17.2. The normalized spacial score (nSPS) is 13.1. The summed E-state index contributed by atoms with van der Waals surface area (Å²) in [6, 6.07) is 22.5. The summed E-state index contributed by atoms with van der Waals surface area (Å²) in [6.07, 6.45) is 11.9. The molecule has 0 saturated carbocycles. The van der Waals surface area contributed by atoms with E-state index in [4.69, 9.17) is 1.37 Å². The smallest absolute Gasteiger partial charge is 0.0659 e. The lowest BCUT2D eigenvalue weighted by atomic mass is 10.1. The van der Waals surface area contributed by atoms with Crippen LogP contribution in [0.5, 0.6) is 0 Å². The van der Waals surface area contributed by atoms with Gasteiger partial charge in [-0.2, -0.15) is 0 Å². The molecule has 2 aliphatic rings. The Hall–Kier alpha value is -4.44. The number of aromatic amines is 2. The van der Waals surface area contributed by atoms with Crippen molar-refractivity contribution in [2.75, 3.05) is 0 Å². The van der Waals surface area contributed by atoms with Gasteiger partial charge in [0.25, 0.3) is 0 Å². The van der Waals surface area contributed by atoms with E-state index in [1.165, 1.54) is 0 Å². The van der Waals surface area contributed by atoms with Crippen LogP contribution < -0.4 is 0 Å². The molecule has 2 N–H and O–H groups in total. The van der Waals surface area contributed by atoms with Gasteiger partial charge in [0.1, 0.15) is 0 Å². The highest BCUT2D eigenvalue weighted by Gasteiger charge is 2.04. The molecule has 6 rings (SSSR count). The van der Waals surface area contributed by atoms with Crippen molar-refractivity contribution in [3.63, 3.8) is 0 Å². The van der Waals surface area contributed by atoms with Crippen LogP contribution in [0.1, 0.15) is 35.3 Å². The lowest BCUT2D eigenvalue weighted by Crippen LogP contribution is -1.77. The molecule has 32 heavy (non-hydrogen) atoms. The van der Waals surface area contributed by atoms with Gasteiger partial charge in [-0.3, -0.25) is 0 Å². The molecule has 0 fully saturated rings. The standard InChI is InChI=1S/C28H20N4/c1-2-4-19(5-3-1)6-7-20-14-27-17-25-11-10-23(30-25)15-21-8-9-22(29-21)16-24-12-13-26(31-24)18-28(20)32-27/h1-18,31-32H/i14D. The average Bonchev–Trinajstić information content (AvgIpc) is 3.60. The third-order valence-electron chi connectivity index (χ3n) is 5.36. The van der Waals surface area contributed by atoms with E-state index in [9.17, 15) is 0 Å². The number of hydrogen-bond donors (Lipinski definition) is 2. The Labute approximate surface area is 186 Å². The van der Waals surface area contributed by atoms with Gasteiger partial charge in [-0.1, -0.05) is 42.5 Å². The maximum absolute atomic E-state index is 8.84. The first-order chi connectivity index (χ1) is 16.2. The van der Waals surface area contributed by atoms with Crippen LogP contribution in [0.4, 0.5) is 0 Å². The summed E-state index contributed by atoms with van der Waals surface area (Å²) < 4.78 is 8.84. The molecule has 1 aromatic carbocycles. The summed E-state index contributed by atoms with van der Waals surface area (Å²) >= 11 is 0. The zero-order chi connectivity index (χ0) is 22.2. The Morgan fingerprint density at radius 2 is 1.25 bits per heavy atom. The van der Waals surface area contributed by atoms with Gasteiger partial charge in [0.2, 0.25) is 0 Å². The second-order valence-electron chi connectivity index (χ2n) is 7.77. The molecule has 0 radical (unpaired) electrons. The molecule has 0 amide bonds. The summed E-state index contributed by atoms with van der Waals surface area (Å²) in [4.78, 5) is 16.2. The number of hydrogen-bond acceptors (Lipinski definition) is 2. The summed E-state index contributed by atoms with van der Waals surface area (Å²) in [7, 11) is 0. The number of aromatic nitrogens is 4. The van der Waals surface area contributed by atoms with Crippen LogP contribution in [0.2, 0.25) is 0 Å². The van der Waals surface area contributed by atoms with Crippen molar-refractivity contribution in [3.05, 3.63) is 107 Å². The molecule has 152 valence electrons. The van der Waals surface area contributed by atoms with E-state index in [0.29, 0.717) is 6.04 Å². The van der Waals surface area contributed by atoms with E-state index in [2.05, 4.69) is 19.9 Å². The molecule has 2 aliphatic heterocycles. The summed E-state index contributed by atoms with van der Waals surface area (Å²) in [5, 5.41) is 0. The van der Waals surface area contributed by atoms with Gasteiger partial charge in [0.05, 0.1) is 24.1 Å². The number of fused-ring (bicyclic) bond motifs is 8. The molecule has 4 heteroatoms. The van der Waals surface area contributed by atoms with Crippen LogP contribution in [0, 0.1) is 0 Å². The molecular weight excluding hydrogens is 392 g/mol. The molecule has 4 aromatic rings. The lowest BCUT2D eigenvalue weighted by Gasteiger charge is -1.91. The molecule has 0 atom stereocenters. The number of benzene rings is 1. The Morgan fingerprint density at radius 1 is 0.625 bits per heavy atom. The van der Waals surface area contributed by atoms with Crippen molar-refractivity contribution in [3.8, 4) is 0 Å². The van der Waals surface area contributed by atoms with Crippen LogP contribution in [-0.4, -0.2) is 19.9 Å². The largest absolute Gasteiger partial charge is 0.355 e. The molecule has 3 aromatic heterocycles. The first kappa shape index (κ1) is 17.3. The Balaban J connectivity index is 1.62. The second-order valence-corrected chi connectivity index (χ2v) is 7.77. The van der Waals surface area contributed by atoms with E-state index in [1.807, 2.05) is 103 Å². The molecule has 0 spiro atoms. The molecule has 0 unspecified atom stereocenters. The fourth-order valence-electron chi connectivity index (χ4n) is 3.84. The van der Waals surface area contributed by atoms with Crippen molar-refractivity contribution in [1.82, 2.24) is 19.9 Å². The maximum Gasteiger partial charge on any atom is 0.0659 e. The van der Waals surface area contributed by atoms with E-state index < -0.39 is 0 Å². The highest BCUT2D eigenvalue weighted by atomic mass is 14.8. The summed E-state index contributed by atoms with van der Waals surface area (Å²) in [5.74, 6) is 0. The van der Waals surface area contributed by atoms with Crippen LogP contribution in [0.3, 0.4) is 0 Å². The van der Waals surface area contributed by atoms with Gasteiger partial charge in [0, 0.05) is 27.6 Å². The molecule has 0 saturated heterocycles. The monoisotopic (exact) mass is 413 g/mol. The van der Waals surface area contributed by atoms with E-state index in [0.717, 1.165) is 56.0 Å². The van der Waals surface area contributed by atoms with Gasteiger partial charge in [-0.25, -0.2) is 9.97 Å². The fraction of sp³-hybridized carbons (Fsp3) is 0. The average molecular weight is 414 g/mol. The topological polar surface area (TPSA) is 57.4 Å². The van der Waals surface area contributed by atoms with Crippen molar-refractivity contribution < 1.29 is 1.37 Å². The molecule has 4 nitrogen and oxygen atoms in total. The first-order valence-electron chi connectivity index (χ1n) is 11.0. The van der Waals surface area contributed by atoms with Gasteiger partial charge in [0.15, 0.2) is 0 Å². The lowest BCUT2D eigenvalue weighted by molar-refractivity contribution is 1.28. The van der Waals surface area contributed by atoms with Crippen LogP contribution in [-0.2, 0) is 0 Å². The first-order valence-corrected chi connectivity index (χ1v) is 10.5. The number of nitrogens with zero attached hydrogens (tertiary/aromatic N) is 2. The van der Waals surface area contributed by atoms with Gasteiger partial charge in [-0.15, -0.1) is 0 Å². The van der Waals surface area contributed by atoms with E-state index in [-0.39, 0.29) is 0 Å². The second kappa shape index (κ2) is 7.67. The Bertz CT molecular complexity index is 1620. The quantitative estimate of drug-likeness (QED) is 0.327. The van der Waals surface area contributed by atoms with Crippen molar-refractivity contribution in [2.24, 2.45) is 0 Å². The minimum Gasteiger partial charge on any atom is -0.355 e. The van der Waals surface area contributed by atoms with Crippen LogP contribution >= 0.6 is 0 Å². The minimum atomic E-state index is 0.437. The Kier molecular flexibility index (Phi) is 4.14. The third-order valence-corrected chi connectivity index (χ3v) is 5.36. The zero-order valence-electron chi connectivity index (χ0n) is 18.2. The van der Waals surface area contributed by atoms with E-state index >= 15 is 0 Å². The predicted molar refractivity (Wildman–Crippen MR) is 134 cm³/mol. The van der Waals surface area contributed by atoms with Gasteiger partial charge in [-0.05, 0) is 72.3 Å². The number of nitrogens with one attached hydrogen (secondary N) is 2. The van der Waals surface area contributed by atoms with E-state index in [1.54, 1.807) is 0 Å². The maximum atomic E-state index is 8.84. The number of H-pyrrole nitrogens is 2. The molecule has 5 heterocycles. The SMILES string of the molecule is [2H]c1c(C=Cc2ccccc2)c2cc3ccc(cc4nc(cc5nc(cc1[nH]2)C=C5)C=C4)[nH]3. The Morgan fingerprint density at radius 3 is 1.97 bits per heavy atom. The van der Waals surface area contributed by atoms with Crippen molar-refractivity contribution in [1.29, 1.82) is 0 Å². The summed E-state index contributed by atoms with van der Waals surface area (Å²) in [5.41, 5.74) is 8.82. The van der Waals surface area contributed by atoms with Gasteiger partial charge < -0.3 is 9.97 Å². The minimum absolute atomic E-state index is 0.437. The third kappa shape index (κ3) is 3.82. The highest BCUT2D eigenvalue weighted by Crippen LogP contribution is 2.21. The number of rotatable bonds is 2. The fourth-order valence-corrected chi connectivity index (χ4v) is 3.84. The highest BCUT2D eigenvalue weighted by molar-refractivity contribution is 5.85. The van der Waals surface area contributed by atoms with Crippen molar-refractivity contribution >= 4 is 58.5 Å². The van der Waals surface area contributed by atoms with Crippen LogP contribution in [0.15, 0.2) is 72.8 Å². The van der Waals surface area contributed by atoms with Crippen molar-refractivity contribution in [2.45, 2.75) is 0 Å². The van der Waals surface area contributed by atoms with Gasteiger partial charge >= 0.3 is 0 Å². The molecule has 0 aliphatic carbocycles.